The molecule has 0 unspecified atom stereocenters. The average molecular weight is 693 g/mol. The normalized spacial score (nSPS) is 11.7. The van der Waals surface area contributed by atoms with Gasteiger partial charge in [-0.2, -0.15) is 0 Å². The van der Waals surface area contributed by atoms with E-state index in [2.05, 4.69) is 86.0 Å². The van der Waals surface area contributed by atoms with E-state index in [1.807, 2.05) is 0 Å². The summed E-state index contributed by atoms with van der Waals surface area (Å²) in [5, 5.41) is 0. The maximum atomic E-state index is 6.29. The largest absolute Gasteiger partial charge is 0.377 e. The smallest absolute Gasteiger partial charge is 0.0722 e. The Kier molecular flexibility index (Phi) is 28.4. The zero-order chi connectivity index (χ0) is 35.7. The number of rotatable bonds is 35. The standard InChI is InChI=1S/C46H80N2O2/c1-5-9-13-15-23-35-47(33-21-11-7-3)37-25-27-39-49-41-43-29-17-19-31-45(43)46-32-20-18-30-44(46)42-50-40-28-26-38-48(34-22-12-8-4)36-24-16-14-10-6-2/h17-20,29-32H,5-16,21-28,33-42H2,1-4H3. The number of benzene rings is 2. The Labute approximate surface area is 311 Å². The highest BCUT2D eigenvalue weighted by Gasteiger charge is 2.11. The molecular formula is C46H80N2O2. The highest BCUT2D eigenvalue weighted by atomic mass is 16.5. The Morgan fingerprint density at radius 1 is 0.360 bits per heavy atom. The van der Waals surface area contributed by atoms with Crippen molar-refractivity contribution in [3.63, 3.8) is 0 Å². The van der Waals surface area contributed by atoms with Crippen molar-refractivity contribution in [3.8, 4) is 11.1 Å². The van der Waals surface area contributed by atoms with Gasteiger partial charge in [-0.25, -0.2) is 0 Å². The van der Waals surface area contributed by atoms with Gasteiger partial charge in [-0.15, -0.1) is 0 Å². The van der Waals surface area contributed by atoms with Gasteiger partial charge >= 0.3 is 0 Å². The summed E-state index contributed by atoms with van der Waals surface area (Å²) in [5.41, 5.74) is 5.09. The molecule has 4 nitrogen and oxygen atoms in total. The Bertz CT molecular complexity index is 945. The van der Waals surface area contributed by atoms with Crippen molar-refractivity contribution in [2.24, 2.45) is 0 Å². The summed E-state index contributed by atoms with van der Waals surface area (Å²) in [4.78, 5) is 5.44. The van der Waals surface area contributed by atoms with E-state index >= 15 is 0 Å². The molecule has 0 aliphatic carbocycles. The molecule has 0 saturated heterocycles. The van der Waals surface area contributed by atoms with Gasteiger partial charge in [0.25, 0.3) is 0 Å². The number of ether oxygens (including phenoxy) is 2. The monoisotopic (exact) mass is 693 g/mol. The first-order chi connectivity index (χ1) is 24.7. The fourth-order valence-electron chi connectivity index (χ4n) is 6.98. The lowest BCUT2D eigenvalue weighted by atomic mass is 9.96. The van der Waals surface area contributed by atoms with E-state index in [0.29, 0.717) is 13.2 Å². The van der Waals surface area contributed by atoms with Crippen LogP contribution in [0.5, 0.6) is 0 Å². The number of hydrogen-bond donors (Lipinski definition) is 0. The molecule has 0 fully saturated rings. The Hall–Kier alpha value is -1.72. The fraction of sp³-hybridized carbons (Fsp3) is 0.739. The first-order valence-corrected chi connectivity index (χ1v) is 21.5. The molecule has 4 heteroatoms. The lowest BCUT2D eigenvalue weighted by molar-refractivity contribution is 0.113. The molecule has 0 spiro atoms. The molecule has 0 aliphatic rings. The van der Waals surface area contributed by atoms with Gasteiger partial charge in [0, 0.05) is 13.2 Å². The Balaban J connectivity index is 1.77. The minimum Gasteiger partial charge on any atom is -0.377 e. The van der Waals surface area contributed by atoms with Crippen LogP contribution in [0.15, 0.2) is 48.5 Å². The molecule has 286 valence electrons. The van der Waals surface area contributed by atoms with Gasteiger partial charge < -0.3 is 19.3 Å². The molecule has 0 amide bonds. The summed E-state index contributed by atoms with van der Waals surface area (Å²) in [7, 11) is 0. The minimum atomic E-state index is 0.663. The van der Waals surface area contributed by atoms with Crippen LogP contribution in [-0.2, 0) is 22.7 Å². The van der Waals surface area contributed by atoms with Crippen molar-refractivity contribution in [2.75, 3.05) is 52.5 Å². The summed E-state index contributed by atoms with van der Waals surface area (Å²) in [6.07, 6.45) is 26.3. The Morgan fingerprint density at radius 2 is 0.660 bits per heavy atom. The van der Waals surface area contributed by atoms with Gasteiger partial charge in [0.15, 0.2) is 0 Å². The summed E-state index contributed by atoms with van der Waals surface area (Å²) < 4.78 is 12.6. The molecular weight excluding hydrogens is 613 g/mol. The fourth-order valence-corrected chi connectivity index (χ4v) is 6.98. The zero-order valence-electron chi connectivity index (χ0n) is 33.5. The van der Waals surface area contributed by atoms with Crippen LogP contribution in [0.25, 0.3) is 11.1 Å². The molecule has 0 atom stereocenters. The first kappa shape index (κ1) is 44.4. The van der Waals surface area contributed by atoms with Crippen molar-refractivity contribution in [3.05, 3.63) is 59.7 Å². The van der Waals surface area contributed by atoms with Crippen molar-refractivity contribution >= 4 is 0 Å². The van der Waals surface area contributed by atoms with Crippen LogP contribution in [0, 0.1) is 0 Å². The molecule has 0 N–H and O–H groups in total. The minimum absolute atomic E-state index is 0.663. The van der Waals surface area contributed by atoms with Crippen molar-refractivity contribution in [2.45, 2.75) is 169 Å². The molecule has 2 aromatic carbocycles. The second-order valence-corrected chi connectivity index (χ2v) is 14.8. The second kappa shape index (κ2) is 32.0. The molecule has 50 heavy (non-hydrogen) atoms. The summed E-state index contributed by atoms with van der Waals surface area (Å²) >= 11 is 0. The van der Waals surface area contributed by atoms with E-state index in [4.69, 9.17) is 9.47 Å². The van der Waals surface area contributed by atoms with Gasteiger partial charge in [-0.05, 0) is 113 Å². The lowest BCUT2D eigenvalue weighted by Gasteiger charge is -2.22. The summed E-state index contributed by atoms with van der Waals surface area (Å²) in [6.45, 7) is 19.7. The van der Waals surface area contributed by atoms with E-state index in [-0.39, 0.29) is 0 Å². The number of hydrogen-bond acceptors (Lipinski definition) is 4. The average Bonchev–Trinajstić information content (AvgIpc) is 3.14. The van der Waals surface area contributed by atoms with Crippen LogP contribution in [0.1, 0.15) is 167 Å². The molecule has 0 aliphatic heterocycles. The topological polar surface area (TPSA) is 24.9 Å². The molecule has 0 bridgehead atoms. The Morgan fingerprint density at radius 3 is 1.04 bits per heavy atom. The molecule has 0 radical (unpaired) electrons. The third-order valence-electron chi connectivity index (χ3n) is 10.2. The van der Waals surface area contributed by atoms with Crippen molar-refractivity contribution in [1.29, 1.82) is 0 Å². The molecule has 2 aromatic rings. The van der Waals surface area contributed by atoms with E-state index in [9.17, 15) is 0 Å². The zero-order valence-corrected chi connectivity index (χ0v) is 33.5. The van der Waals surface area contributed by atoms with Gasteiger partial charge in [0.2, 0.25) is 0 Å². The van der Waals surface area contributed by atoms with Gasteiger partial charge in [0.05, 0.1) is 13.2 Å². The van der Waals surface area contributed by atoms with Crippen molar-refractivity contribution < 1.29 is 9.47 Å². The quantitative estimate of drug-likeness (QED) is 0.0671. The lowest BCUT2D eigenvalue weighted by Crippen LogP contribution is -2.27. The summed E-state index contributed by atoms with van der Waals surface area (Å²) in [5.74, 6) is 0. The SMILES string of the molecule is CCCCCCCN(CCCCC)CCCCOCc1ccccc1-c1ccccc1COCCCCN(CCCCC)CCCCCCC. The van der Waals surface area contributed by atoms with E-state index in [1.54, 1.807) is 0 Å². The first-order valence-electron chi connectivity index (χ1n) is 21.5. The van der Waals surface area contributed by atoms with E-state index < -0.39 is 0 Å². The van der Waals surface area contributed by atoms with Crippen LogP contribution in [0.4, 0.5) is 0 Å². The van der Waals surface area contributed by atoms with Crippen LogP contribution < -0.4 is 0 Å². The van der Waals surface area contributed by atoms with Crippen LogP contribution in [0.2, 0.25) is 0 Å². The highest BCUT2D eigenvalue weighted by Crippen LogP contribution is 2.28. The van der Waals surface area contributed by atoms with E-state index in [0.717, 1.165) is 26.1 Å². The van der Waals surface area contributed by atoms with E-state index in [1.165, 1.54) is 177 Å². The third kappa shape index (κ3) is 21.6. The van der Waals surface area contributed by atoms with Crippen LogP contribution >= 0.6 is 0 Å². The predicted octanol–water partition coefficient (Wildman–Crippen LogP) is 12.9. The number of nitrogens with zero attached hydrogens (tertiary/aromatic N) is 2. The van der Waals surface area contributed by atoms with Gasteiger partial charge in [-0.1, -0.05) is 153 Å². The molecule has 0 saturated carbocycles. The predicted molar refractivity (Wildman–Crippen MR) is 219 cm³/mol. The number of unbranched alkanes of at least 4 members (excludes halogenated alkanes) is 14. The van der Waals surface area contributed by atoms with Crippen LogP contribution in [-0.4, -0.2) is 62.3 Å². The maximum absolute atomic E-state index is 6.29. The third-order valence-corrected chi connectivity index (χ3v) is 10.2. The van der Waals surface area contributed by atoms with Crippen LogP contribution in [0.3, 0.4) is 0 Å². The van der Waals surface area contributed by atoms with Crippen molar-refractivity contribution in [1.82, 2.24) is 9.80 Å². The maximum Gasteiger partial charge on any atom is 0.0722 e. The second-order valence-electron chi connectivity index (χ2n) is 14.8. The van der Waals surface area contributed by atoms with Gasteiger partial charge in [0.1, 0.15) is 0 Å². The summed E-state index contributed by atoms with van der Waals surface area (Å²) in [6, 6.07) is 17.6. The molecule has 2 rings (SSSR count). The molecule has 0 aromatic heterocycles. The molecule has 0 heterocycles. The van der Waals surface area contributed by atoms with Gasteiger partial charge in [-0.3, -0.25) is 0 Å². The highest BCUT2D eigenvalue weighted by molar-refractivity contribution is 5.70.